The van der Waals surface area contributed by atoms with Gasteiger partial charge in [0.05, 0.1) is 5.75 Å². The minimum Gasteiger partial charge on any atom is -0.289 e. The fourth-order valence-corrected chi connectivity index (χ4v) is 4.22. The molecule has 1 aliphatic heterocycles. The van der Waals surface area contributed by atoms with Crippen LogP contribution in [0.5, 0.6) is 0 Å². The third-order valence-corrected chi connectivity index (χ3v) is 5.52. The van der Waals surface area contributed by atoms with Gasteiger partial charge in [-0.3, -0.25) is 4.90 Å². The Labute approximate surface area is 111 Å². The summed E-state index contributed by atoms with van der Waals surface area (Å²) in [7, 11) is -3.11. The Balaban J connectivity index is 2.59. The SMILES string of the molecule is CC(S)N1CCN(S(=O)(=O)CC(C)(C)C)CC1. The van der Waals surface area contributed by atoms with E-state index >= 15 is 0 Å². The first-order chi connectivity index (χ1) is 7.62. The van der Waals surface area contributed by atoms with Crippen molar-refractivity contribution in [2.45, 2.75) is 33.1 Å². The largest absolute Gasteiger partial charge is 0.289 e. The fraction of sp³-hybridized carbons (Fsp3) is 1.00. The summed E-state index contributed by atoms with van der Waals surface area (Å²) >= 11 is 4.37. The summed E-state index contributed by atoms with van der Waals surface area (Å²) in [5, 5.41) is 0.197. The summed E-state index contributed by atoms with van der Waals surface area (Å²) in [4.78, 5) is 2.19. The second-order valence-electron chi connectivity index (χ2n) is 5.88. The lowest BCUT2D eigenvalue weighted by Crippen LogP contribution is -2.51. The zero-order valence-electron chi connectivity index (χ0n) is 11.2. The highest BCUT2D eigenvalue weighted by Crippen LogP contribution is 2.20. The average molecular weight is 280 g/mol. The van der Waals surface area contributed by atoms with Crippen LogP contribution >= 0.6 is 12.6 Å². The van der Waals surface area contributed by atoms with E-state index in [4.69, 9.17) is 0 Å². The summed E-state index contributed by atoms with van der Waals surface area (Å²) in [5.41, 5.74) is -0.188. The summed E-state index contributed by atoms with van der Waals surface area (Å²) in [5.74, 6) is 0.219. The van der Waals surface area contributed by atoms with Gasteiger partial charge in [0.25, 0.3) is 0 Å². The number of nitrogens with zero attached hydrogens (tertiary/aromatic N) is 2. The van der Waals surface area contributed by atoms with E-state index in [1.807, 2.05) is 27.7 Å². The molecule has 0 radical (unpaired) electrons. The van der Waals surface area contributed by atoms with E-state index < -0.39 is 10.0 Å². The Hall–Kier alpha value is 0.220. The molecular formula is C11H24N2O2S2. The van der Waals surface area contributed by atoms with E-state index in [-0.39, 0.29) is 16.5 Å². The third-order valence-electron chi connectivity index (χ3n) is 2.81. The van der Waals surface area contributed by atoms with Gasteiger partial charge < -0.3 is 0 Å². The molecule has 4 nitrogen and oxygen atoms in total. The lowest BCUT2D eigenvalue weighted by Gasteiger charge is -2.36. The Morgan fingerprint density at radius 2 is 1.65 bits per heavy atom. The van der Waals surface area contributed by atoms with Crippen LogP contribution in [-0.2, 0) is 10.0 Å². The Morgan fingerprint density at radius 3 is 2.00 bits per heavy atom. The zero-order chi connectivity index (χ0) is 13.3. The normalized spacial score (nSPS) is 22.6. The topological polar surface area (TPSA) is 40.6 Å². The van der Waals surface area contributed by atoms with Crippen molar-refractivity contribution in [1.82, 2.24) is 9.21 Å². The Morgan fingerprint density at radius 1 is 1.18 bits per heavy atom. The van der Waals surface area contributed by atoms with Crippen LogP contribution in [0.4, 0.5) is 0 Å². The predicted octanol–water partition coefficient (Wildman–Crippen LogP) is 1.26. The van der Waals surface area contributed by atoms with Crippen molar-refractivity contribution >= 4 is 22.7 Å². The van der Waals surface area contributed by atoms with Crippen molar-refractivity contribution < 1.29 is 8.42 Å². The van der Waals surface area contributed by atoms with Crippen molar-refractivity contribution in [2.75, 3.05) is 31.9 Å². The number of piperazine rings is 1. The van der Waals surface area contributed by atoms with Gasteiger partial charge >= 0.3 is 0 Å². The number of hydrogen-bond acceptors (Lipinski definition) is 4. The minimum absolute atomic E-state index is 0.188. The lowest BCUT2D eigenvalue weighted by molar-refractivity contribution is 0.183. The van der Waals surface area contributed by atoms with Gasteiger partial charge in [-0.05, 0) is 12.3 Å². The fourth-order valence-electron chi connectivity index (χ4n) is 1.99. The molecule has 1 aliphatic rings. The standard InChI is InChI=1S/C11H24N2O2S2/c1-10(16)12-5-7-13(8-6-12)17(14,15)9-11(2,3)4/h10,16H,5-9H2,1-4H3. The van der Waals surface area contributed by atoms with Crippen LogP contribution in [0.2, 0.25) is 0 Å². The number of rotatable bonds is 3. The summed E-state index contributed by atoms with van der Waals surface area (Å²) < 4.78 is 25.9. The van der Waals surface area contributed by atoms with Gasteiger partial charge in [-0.15, -0.1) is 0 Å². The van der Waals surface area contributed by atoms with Crippen molar-refractivity contribution in [3.8, 4) is 0 Å². The molecule has 1 rings (SSSR count). The number of hydrogen-bond donors (Lipinski definition) is 1. The van der Waals surface area contributed by atoms with Crippen LogP contribution in [0.3, 0.4) is 0 Å². The second kappa shape index (κ2) is 5.47. The van der Waals surface area contributed by atoms with Gasteiger partial charge in [0.1, 0.15) is 0 Å². The molecule has 0 aromatic carbocycles. The second-order valence-corrected chi connectivity index (χ2v) is 8.60. The maximum atomic E-state index is 12.2. The molecule has 17 heavy (non-hydrogen) atoms. The van der Waals surface area contributed by atoms with Crippen LogP contribution in [0, 0.1) is 5.41 Å². The van der Waals surface area contributed by atoms with Crippen LogP contribution in [-0.4, -0.2) is 54.9 Å². The number of thiol groups is 1. The van der Waals surface area contributed by atoms with E-state index in [1.54, 1.807) is 4.31 Å². The molecule has 1 heterocycles. The molecular weight excluding hydrogens is 256 g/mol. The van der Waals surface area contributed by atoms with Crippen LogP contribution in [0.15, 0.2) is 0 Å². The molecule has 0 aromatic heterocycles. The third kappa shape index (κ3) is 4.77. The van der Waals surface area contributed by atoms with Crippen LogP contribution in [0.25, 0.3) is 0 Å². The van der Waals surface area contributed by atoms with Crippen LogP contribution < -0.4 is 0 Å². The van der Waals surface area contributed by atoms with E-state index in [9.17, 15) is 8.42 Å². The predicted molar refractivity (Wildman–Crippen MR) is 74.8 cm³/mol. The van der Waals surface area contributed by atoms with Crippen molar-refractivity contribution in [3.05, 3.63) is 0 Å². The molecule has 1 fully saturated rings. The molecule has 0 amide bonds. The molecule has 102 valence electrons. The highest BCUT2D eigenvalue weighted by molar-refractivity contribution is 7.89. The van der Waals surface area contributed by atoms with Gasteiger partial charge in [-0.1, -0.05) is 20.8 Å². The lowest BCUT2D eigenvalue weighted by atomic mass is 10.0. The first-order valence-corrected chi connectivity index (χ1v) is 8.14. The average Bonchev–Trinajstić information content (AvgIpc) is 2.14. The molecule has 0 aromatic rings. The number of sulfonamides is 1. The quantitative estimate of drug-likeness (QED) is 0.791. The van der Waals surface area contributed by atoms with E-state index in [0.29, 0.717) is 13.1 Å². The monoisotopic (exact) mass is 280 g/mol. The van der Waals surface area contributed by atoms with Crippen molar-refractivity contribution in [1.29, 1.82) is 0 Å². The summed E-state index contributed by atoms with van der Waals surface area (Å²) in [6, 6.07) is 0. The first-order valence-electron chi connectivity index (χ1n) is 6.02. The van der Waals surface area contributed by atoms with E-state index in [2.05, 4.69) is 17.5 Å². The molecule has 6 heteroatoms. The van der Waals surface area contributed by atoms with Gasteiger partial charge in [-0.2, -0.15) is 16.9 Å². The molecule has 0 N–H and O–H groups in total. The molecule has 0 aliphatic carbocycles. The Bertz CT molecular complexity index is 339. The van der Waals surface area contributed by atoms with E-state index in [0.717, 1.165) is 13.1 Å². The Kier molecular flexibility index (Phi) is 4.91. The van der Waals surface area contributed by atoms with E-state index in [1.165, 1.54) is 0 Å². The van der Waals surface area contributed by atoms with Gasteiger partial charge in [-0.25, -0.2) is 8.42 Å². The molecule has 0 spiro atoms. The summed E-state index contributed by atoms with van der Waals surface area (Å²) in [6.45, 7) is 10.6. The van der Waals surface area contributed by atoms with Gasteiger partial charge in [0.15, 0.2) is 0 Å². The van der Waals surface area contributed by atoms with Crippen molar-refractivity contribution in [3.63, 3.8) is 0 Å². The smallest absolute Gasteiger partial charge is 0.214 e. The molecule has 1 atom stereocenters. The molecule has 0 bridgehead atoms. The van der Waals surface area contributed by atoms with Gasteiger partial charge in [0.2, 0.25) is 10.0 Å². The minimum atomic E-state index is -3.11. The molecule has 0 saturated carbocycles. The highest BCUT2D eigenvalue weighted by atomic mass is 32.2. The zero-order valence-corrected chi connectivity index (χ0v) is 12.9. The molecule has 1 unspecified atom stereocenters. The van der Waals surface area contributed by atoms with Crippen LogP contribution in [0.1, 0.15) is 27.7 Å². The van der Waals surface area contributed by atoms with Crippen molar-refractivity contribution in [2.24, 2.45) is 5.41 Å². The van der Waals surface area contributed by atoms with Gasteiger partial charge in [0, 0.05) is 31.6 Å². The maximum Gasteiger partial charge on any atom is 0.214 e. The summed E-state index contributed by atoms with van der Waals surface area (Å²) in [6.07, 6.45) is 0. The first kappa shape index (κ1) is 15.3. The molecule has 1 saturated heterocycles. The highest BCUT2D eigenvalue weighted by Gasteiger charge is 2.31. The maximum absolute atomic E-state index is 12.2.